The van der Waals surface area contributed by atoms with Gasteiger partial charge >= 0.3 is 6.18 Å². The number of rotatable bonds is 8. The van der Waals surface area contributed by atoms with E-state index < -0.39 is 39.9 Å². The number of methoxy groups -OCH3 is 2. The van der Waals surface area contributed by atoms with Crippen molar-refractivity contribution in [3.63, 3.8) is 0 Å². The molecule has 7 nitrogen and oxygen atoms in total. The molecule has 0 spiro atoms. The lowest BCUT2D eigenvalue weighted by Gasteiger charge is -2.26. The Hall–Kier alpha value is -3.15. The number of hydrogen-bond donors (Lipinski definition) is 1. The summed E-state index contributed by atoms with van der Waals surface area (Å²) in [5, 5.41) is 2.00. The zero-order valence-electron chi connectivity index (χ0n) is 19.7. The van der Waals surface area contributed by atoms with Crippen molar-refractivity contribution < 1.29 is 35.9 Å². The second kappa shape index (κ2) is 11.1. The Morgan fingerprint density at radius 1 is 0.973 bits per heavy atom. The molecule has 0 saturated carbocycles. The highest BCUT2D eigenvalue weighted by molar-refractivity contribution is 7.93. The Labute approximate surface area is 221 Å². The van der Waals surface area contributed by atoms with Gasteiger partial charge in [-0.3, -0.25) is 9.10 Å². The van der Waals surface area contributed by atoms with Crippen molar-refractivity contribution in [1.82, 2.24) is 0 Å². The number of halogens is 5. The predicted molar refractivity (Wildman–Crippen MR) is 135 cm³/mol. The quantitative estimate of drug-likeness (QED) is 0.346. The number of aryl methyl sites for hydroxylation is 1. The molecule has 3 rings (SSSR count). The van der Waals surface area contributed by atoms with Gasteiger partial charge in [-0.15, -0.1) is 0 Å². The van der Waals surface area contributed by atoms with Crippen LogP contribution in [0.3, 0.4) is 0 Å². The van der Waals surface area contributed by atoms with Crippen LogP contribution in [0.15, 0.2) is 59.5 Å². The topological polar surface area (TPSA) is 84.9 Å². The zero-order valence-corrected chi connectivity index (χ0v) is 22.0. The maximum absolute atomic E-state index is 13.8. The van der Waals surface area contributed by atoms with Crippen LogP contribution >= 0.6 is 23.2 Å². The second-order valence-corrected chi connectivity index (χ2v) is 10.4. The first-order chi connectivity index (χ1) is 17.3. The molecule has 13 heteroatoms. The first-order valence-electron chi connectivity index (χ1n) is 10.5. The second-order valence-electron chi connectivity index (χ2n) is 7.72. The molecule has 0 heterocycles. The molecular formula is C24H21Cl2F3N2O5S. The Morgan fingerprint density at radius 3 is 2.22 bits per heavy atom. The van der Waals surface area contributed by atoms with Gasteiger partial charge in [0.2, 0.25) is 5.91 Å². The van der Waals surface area contributed by atoms with E-state index in [0.29, 0.717) is 15.9 Å². The van der Waals surface area contributed by atoms with Gasteiger partial charge in [-0.1, -0.05) is 29.3 Å². The lowest BCUT2D eigenvalue weighted by molar-refractivity contribution is -0.137. The summed E-state index contributed by atoms with van der Waals surface area (Å²) in [7, 11) is -1.84. The number of anilines is 2. The number of carbonyl (C=O) groups is 1. The Balaban J connectivity index is 2.08. The van der Waals surface area contributed by atoms with Crippen LogP contribution in [-0.2, 0) is 21.0 Å². The highest BCUT2D eigenvalue weighted by Gasteiger charge is 2.35. The van der Waals surface area contributed by atoms with Crippen molar-refractivity contribution in [2.75, 3.05) is 30.4 Å². The van der Waals surface area contributed by atoms with Gasteiger partial charge in [-0.2, -0.15) is 13.2 Å². The first-order valence-corrected chi connectivity index (χ1v) is 12.6. The highest BCUT2D eigenvalue weighted by Crippen LogP contribution is 2.37. The number of nitrogens with zero attached hydrogens (tertiary/aromatic N) is 1. The van der Waals surface area contributed by atoms with Crippen LogP contribution in [0.25, 0.3) is 0 Å². The molecule has 1 N–H and O–H groups in total. The minimum atomic E-state index is -4.82. The summed E-state index contributed by atoms with van der Waals surface area (Å²) < 4.78 is 79.1. The molecule has 3 aromatic carbocycles. The van der Waals surface area contributed by atoms with Crippen LogP contribution in [0.4, 0.5) is 24.5 Å². The summed E-state index contributed by atoms with van der Waals surface area (Å²) in [6, 6.07) is 11.3. The van der Waals surface area contributed by atoms with Crippen molar-refractivity contribution in [1.29, 1.82) is 0 Å². The van der Waals surface area contributed by atoms with Crippen molar-refractivity contribution in [2.45, 2.75) is 18.0 Å². The van der Waals surface area contributed by atoms with Gasteiger partial charge in [0.15, 0.2) is 0 Å². The van der Waals surface area contributed by atoms with Crippen LogP contribution in [-0.4, -0.2) is 35.1 Å². The van der Waals surface area contributed by atoms with Gasteiger partial charge < -0.3 is 14.8 Å². The SMILES string of the molecule is COc1ccc(N(CC(=O)Nc2ccc(Cl)cc2C(F)(F)F)S(=O)(=O)c2cc(C)ccc2OC)cc1Cl. The number of sulfonamides is 1. The molecule has 37 heavy (non-hydrogen) atoms. The summed E-state index contributed by atoms with van der Waals surface area (Å²) in [6.45, 7) is 0.779. The third kappa shape index (κ3) is 6.41. The molecule has 3 aromatic rings. The Kier molecular flexibility index (Phi) is 8.51. The number of carbonyl (C=O) groups excluding carboxylic acids is 1. The zero-order chi connectivity index (χ0) is 27.5. The normalized spacial score (nSPS) is 11.7. The number of alkyl halides is 3. The van der Waals surface area contributed by atoms with E-state index in [0.717, 1.165) is 6.07 Å². The third-order valence-electron chi connectivity index (χ3n) is 5.16. The molecule has 0 bridgehead atoms. The van der Waals surface area contributed by atoms with E-state index in [1.807, 2.05) is 0 Å². The minimum Gasteiger partial charge on any atom is -0.495 e. The van der Waals surface area contributed by atoms with E-state index in [2.05, 4.69) is 5.32 Å². The third-order valence-corrected chi connectivity index (χ3v) is 7.48. The molecule has 0 aliphatic rings. The molecule has 0 aliphatic heterocycles. The van der Waals surface area contributed by atoms with Crippen LogP contribution in [0, 0.1) is 6.92 Å². The van der Waals surface area contributed by atoms with E-state index in [-0.39, 0.29) is 32.1 Å². The summed E-state index contributed by atoms with van der Waals surface area (Å²) in [5.41, 5.74) is -1.21. The van der Waals surface area contributed by atoms with E-state index in [4.69, 9.17) is 32.7 Å². The molecule has 0 radical (unpaired) electrons. The molecule has 0 fully saturated rings. The van der Waals surface area contributed by atoms with Crippen LogP contribution < -0.4 is 19.1 Å². The molecule has 0 unspecified atom stereocenters. The van der Waals surface area contributed by atoms with Crippen LogP contribution in [0.5, 0.6) is 11.5 Å². The molecule has 0 aromatic heterocycles. The maximum Gasteiger partial charge on any atom is 0.418 e. The number of amides is 1. The molecule has 0 atom stereocenters. The number of hydrogen-bond acceptors (Lipinski definition) is 5. The molecule has 0 aliphatic carbocycles. The lowest BCUT2D eigenvalue weighted by atomic mass is 10.1. The van der Waals surface area contributed by atoms with Gasteiger partial charge in [0.25, 0.3) is 10.0 Å². The smallest absolute Gasteiger partial charge is 0.418 e. The van der Waals surface area contributed by atoms with E-state index in [1.165, 1.54) is 50.6 Å². The van der Waals surface area contributed by atoms with Crippen LogP contribution in [0.1, 0.15) is 11.1 Å². The molecular weight excluding hydrogens is 556 g/mol. The average molecular weight is 577 g/mol. The largest absolute Gasteiger partial charge is 0.495 e. The Morgan fingerprint density at radius 2 is 1.62 bits per heavy atom. The summed E-state index contributed by atoms with van der Waals surface area (Å²) >= 11 is 11.9. The van der Waals surface area contributed by atoms with Crippen molar-refractivity contribution in [3.05, 3.63) is 75.8 Å². The van der Waals surface area contributed by atoms with Gasteiger partial charge in [-0.05, 0) is 61.0 Å². The standard InChI is InChI=1S/C24H21Cl2F3N2O5S/c1-14-4-8-21(36-3)22(10-14)37(33,34)31(16-6-9-20(35-2)18(26)12-16)13-23(32)30-19-7-5-15(25)11-17(19)24(27,28)29/h4-12H,13H2,1-3H3,(H,30,32). The molecule has 198 valence electrons. The number of ether oxygens (including phenoxy) is 2. The fraction of sp³-hybridized carbons (Fsp3) is 0.208. The van der Waals surface area contributed by atoms with Gasteiger partial charge in [0, 0.05) is 5.02 Å². The summed E-state index contributed by atoms with van der Waals surface area (Å²) in [4.78, 5) is 12.7. The van der Waals surface area contributed by atoms with Gasteiger partial charge in [0.05, 0.1) is 36.2 Å². The van der Waals surface area contributed by atoms with E-state index in [1.54, 1.807) is 13.0 Å². The number of benzene rings is 3. The van der Waals surface area contributed by atoms with Crippen molar-refractivity contribution in [2.24, 2.45) is 0 Å². The van der Waals surface area contributed by atoms with Crippen LogP contribution in [0.2, 0.25) is 10.0 Å². The van der Waals surface area contributed by atoms with E-state index in [9.17, 15) is 26.4 Å². The maximum atomic E-state index is 13.8. The first kappa shape index (κ1) is 28.4. The highest BCUT2D eigenvalue weighted by atomic mass is 35.5. The lowest BCUT2D eigenvalue weighted by Crippen LogP contribution is -2.38. The predicted octanol–water partition coefficient (Wildman–Crippen LogP) is 6.17. The van der Waals surface area contributed by atoms with E-state index >= 15 is 0 Å². The Bertz CT molecular complexity index is 1430. The van der Waals surface area contributed by atoms with Gasteiger partial charge in [-0.25, -0.2) is 8.42 Å². The minimum absolute atomic E-state index is 0.00711. The monoisotopic (exact) mass is 576 g/mol. The van der Waals surface area contributed by atoms with Crippen molar-refractivity contribution in [3.8, 4) is 11.5 Å². The number of nitrogens with one attached hydrogen (secondary N) is 1. The fourth-order valence-electron chi connectivity index (χ4n) is 3.41. The average Bonchev–Trinajstić information content (AvgIpc) is 2.82. The van der Waals surface area contributed by atoms with Gasteiger partial charge in [0.1, 0.15) is 22.9 Å². The summed E-state index contributed by atoms with van der Waals surface area (Å²) in [6.07, 6.45) is -4.82. The summed E-state index contributed by atoms with van der Waals surface area (Å²) in [5.74, 6) is -0.793. The molecule has 1 amide bonds. The fourth-order valence-corrected chi connectivity index (χ4v) is 5.49. The van der Waals surface area contributed by atoms with Crippen molar-refractivity contribution >= 4 is 50.5 Å². The molecule has 0 saturated heterocycles.